The average Bonchev–Trinajstić information content (AvgIpc) is 3.55. The van der Waals surface area contributed by atoms with Gasteiger partial charge >= 0.3 is 5.97 Å². The maximum Gasteiger partial charge on any atom is 0.358 e. The summed E-state index contributed by atoms with van der Waals surface area (Å²) in [6.45, 7) is 0. The molecule has 0 bridgehead atoms. The van der Waals surface area contributed by atoms with E-state index in [0.29, 0.717) is 11.2 Å². The summed E-state index contributed by atoms with van der Waals surface area (Å²) in [5, 5.41) is 11.7. The Balaban J connectivity index is 1.62. The zero-order chi connectivity index (χ0) is 24.0. The summed E-state index contributed by atoms with van der Waals surface area (Å²) in [6.07, 6.45) is 4.83. The Bertz CT molecular complexity index is 1520. The molecule has 0 saturated heterocycles. The van der Waals surface area contributed by atoms with Crippen LogP contribution in [0.25, 0.3) is 39.4 Å². The van der Waals surface area contributed by atoms with Crippen molar-refractivity contribution in [1.29, 1.82) is 0 Å². The number of nitrogens with zero attached hydrogens (tertiary/aromatic N) is 4. The van der Waals surface area contributed by atoms with Crippen LogP contribution in [0.2, 0.25) is 0 Å². The van der Waals surface area contributed by atoms with Crippen molar-refractivity contribution >= 4 is 11.6 Å². The van der Waals surface area contributed by atoms with E-state index in [-0.39, 0.29) is 11.2 Å². The van der Waals surface area contributed by atoms with Crippen LogP contribution in [0.1, 0.15) is 35.3 Å². The highest BCUT2D eigenvalue weighted by Gasteiger charge is 2.34. The van der Waals surface area contributed by atoms with E-state index in [0.717, 1.165) is 53.0 Å². The van der Waals surface area contributed by atoms with Crippen molar-refractivity contribution in [2.75, 3.05) is 7.11 Å². The van der Waals surface area contributed by atoms with Crippen LogP contribution in [0.5, 0.6) is 0 Å². The van der Waals surface area contributed by atoms with E-state index in [2.05, 4.69) is 39.6 Å². The molecule has 6 rings (SSSR count). The number of benzene rings is 2. The molecule has 1 aliphatic rings. The SMILES string of the molecule is COC(=O)c1cc(-c2ccn[nH]2)c2nc(-c3ccc(C4(N)CCC4)cc3)c(-c3ccccc3)n2n1. The fraction of sp³-hybridized carbons (Fsp3) is 0.185. The number of methoxy groups -OCH3 is 1. The summed E-state index contributed by atoms with van der Waals surface area (Å²) in [4.78, 5) is 17.5. The van der Waals surface area contributed by atoms with E-state index in [9.17, 15) is 4.79 Å². The highest BCUT2D eigenvalue weighted by molar-refractivity contribution is 5.92. The van der Waals surface area contributed by atoms with Gasteiger partial charge in [0, 0.05) is 28.4 Å². The van der Waals surface area contributed by atoms with Crippen molar-refractivity contribution in [1.82, 2.24) is 24.8 Å². The Morgan fingerprint density at radius 2 is 1.83 bits per heavy atom. The van der Waals surface area contributed by atoms with E-state index >= 15 is 0 Å². The van der Waals surface area contributed by atoms with Crippen LogP contribution in [-0.2, 0) is 10.3 Å². The van der Waals surface area contributed by atoms with Crippen molar-refractivity contribution in [3.8, 4) is 33.8 Å². The summed E-state index contributed by atoms with van der Waals surface area (Å²) in [5.74, 6) is -0.528. The second-order valence-electron chi connectivity index (χ2n) is 8.90. The van der Waals surface area contributed by atoms with Crippen LogP contribution in [0, 0.1) is 0 Å². The van der Waals surface area contributed by atoms with Gasteiger partial charge in [0.2, 0.25) is 0 Å². The molecule has 0 atom stereocenters. The average molecular weight is 465 g/mol. The molecule has 1 fully saturated rings. The largest absolute Gasteiger partial charge is 0.464 e. The van der Waals surface area contributed by atoms with Gasteiger partial charge in [0.1, 0.15) is 5.69 Å². The zero-order valence-corrected chi connectivity index (χ0v) is 19.2. The van der Waals surface area contributed by atoms with Gasteiger partial charge in [-0.2, -0.15) is 10.2 Å². The molecule has 3 aromatic heterocycles. The first-order chi connectivity index (χ1) is 17.1. The number of hydrogen-bond acceptors (Lipinski definition) is 6. The summed E-state index contributed by atoms with van der Waals surface area (Å²) < 4.78 is 6.70. The lowest BCUT2D eigenvalue weighted by atomic mass is 9.72. The maximum atomic E-state index is 12.5. The van der Waals surface area contributed by atoms with Crippen LogP contribution in [-0.4, -0.2) is 37.9 Å². The van der Waals surface area contributed by atoms with E-state index in [1.807, 2.05) is 36.4 Å². The molecule has 8 heteroatoms. The minimum Gasteiger partial charge on any atom is -0.464 e. The molecule has 1 saturated carbocycles. The molecule has 0 radical (unpaired) electrons. The number of carbonyl (C=O) groups is 1. The molecule has 5 aromatic rings. The van der Waals surface area contributed by atoms with Gasteiger partial charge in [-0.1, -0.05) is 54.6 Å². The van der Waals surface area contributed by atoms with E-state index in [4.69, 9.17) is 15.5 Å². The van der Waals surface area contributed by atoms with E-state index in [1.54, 1.807) is 16.8 Å². The lowest BCUT2D eigenvalue weighted by Gasteiger charge is -2.38. The van der Waals surface area contributed by atoms with Crippen molar-refractivity contribution in [2.45, 2.75) is 24.8 Å². The minimum absolute atomic E-state index is 0.177. The first-order valence-electron chi connectivity index (χ1n) is 11.5. The molecule has 8 nitrogen and oxygen atoms in total. The van der Waals surface area contributed by atoms with Crippen LogP contribution >= 0.6 is 0 Å². The molecule has 2 aromatic carbocycles. The number of esters is 1. The van der Waals surface area contributed by atoms with Gasteiger partial charge in [-0.3, -0.25) is 5.10 Å². The van der Waals surface area contributed by atoms with Gasteiger partial charge in [0.25, 0.3) is 0 Å². The van der Waals surface area contributed by atoms with Crippen LogP contribution < -0.4 is 5.73 Å². The molecule has 3 N–H and O–H groups in total. The molecule has 174 valence electrons. The Morgan fingerprint density at radius 3 is 2.46 bits per heavy atom. The lowest BCUT2D eigenvalue weighted by Crippen LogP contribution is -2.43. The molecule has 3 heterocycles. The third-order valence-electron chi connectivity index (χ3n) is 6.80. The van der Waals surface area contributed by atoms with Crippen LogP contribution in [0.3, 0.4) is 0 Å². The highest BCUT2D eigenvalue weighted by atomic mass is 16.5. The van der Waals surface area contributed by atoms with Gasteiger partial charge < -0.3 is 10.5 Å². The fourth-order valence-electron chi connectivity index (χ4n) is 4.69. The number of carbonyl (C=O) groups excluding carboxylic acids is 1. The minimum atomic E-state index is -0.528. The second-order valence-corrected chi connectivity index (χ2v) is 8.90. The monoisotopic (exact) mass is 464 g/mol. The quantitative estimate of drug-likeness (QED) is 0.368. The van der Waals surface area contributed by atoms with Crippen molar-refractivity contribution in [2.24, 2.45) is 5.73 Å². The number of nitrogens with one attached hydrogen (secondary N) is 1. The summed E-state index contributed by atoms with van der Waals surface area (Å²) in [5.41, 5.74) is 13.1. The lowest BCUT2D eigenvalue weighted by molar-refractivity contribution is 0.0592. The van der Waals surface area contributed by atoms with Crippen molar-refractivity contribution < 1.29 is 9.53 Å². The first-order valence-corrected chi connectivity index (χ1v) is 11.5. The molecule has 0 spiro atoms. The van der Waals surface area contributed by atoms with Gasteiger partial charge in [-0.05, 0) is 37.0 Å². The number of aromatic amines is 1. The maximum absolute atomic E-state index is 12.5. The predicted molar refractivity (Wildman–Crippen MR) is 132 cm³/mol. The summed E-state index contributed by atoms with van der Waals surface area (Å²) in [6, 6.07) is 21.7. The third kappa shape index (κ3) is 3.50. The Labute approximate surface area is 201 Å². The standard InChI is InChI=1S/C27H24N6O2/c1-35-26(34)22-16-20(21-12-15-29-31-21)25-30-23(24(33(25)32-22)18-6-3-2-4-7-18)17-8-10-19(11-9-17)27(28)13-5-14-27/h2-4,6-12,15-16H,5,13-14,28H2,1H3,(H,29,31). The number of imidazole rings is 1. The highest BCUT2D eigenvalue weighted by Crippen LogP contribution is 2.40. The number of ether oxygens (including phenoxy) is 1. The Morgan fingerprint density at radius 1 is 1.06 bits per heavy atom. The number of nitrogens with two attached hydrogens (primary N) is 1. The Hall–Kier alpha value is -4.30. The normalized spacial score (nSPS) is 14.6. The van der Waals surface area contributed by atoms with Gasteiger partial charge in [0.05, 0.1) is 18.5 Å². The smallest absolute Gasteiger partial charge is 0.358 e. The van der Waals surface area contributed by atoms with Crippen LogP contribution in [0.4, 0.5) is 0 Å². The number of hydrogen-bond donors (Lipinski definition) is 2. The Kier molecular flexibility index (Phi) is 4.96. The zero-order valence-electron chi connectivity index (χ0n) is 19.2. The summed E-state index contributed by atoms with van der Waals surface area (Å²) >= 11 is 0. The van der Waals surface area contributed by atoms with Gasteiger partial charge in [0.15, 0.2) is 11.3 Å². The van der Waals surface area contributed by atoms with Gasteiger partial charge in [-0.25, -0.2) is 14.3 Å². The third-order valence-corrected chi connectivity index (χ3v) is 6.80. The second kappa shape index (κ2) is 8.18. The van der Waals surface area contributed by atoms with Crippen LogP contribution in [0.15, 0.2) is 72.9 Å². The molecule has 1 aliphatic carbocycles. The molecule has 0 unspecified atom stereocenters. The molecular weight excluding hydrogens is 440 g/mol. The van der Waals surface area contributed by atoms with E-state index in [1.165, 1.54) is 7.11 Å². The number of aromatic nitrogens is 5. The van der Waals surface area contributed by atoms with E-state index < -0.39 is 5.97 Å². The topological polar surface area (TPSA) is 111 Å². The molecule has 0 aliphatic heterocycles. The number of H-pyrrole nitrogens is 1. The van der Waals surface area contributed by atoms with Gasteiger partial charge in [-0.15, -0.1) is 0 Å². The first kappa shape index (κ1) is 21.2. The molecule has 0 amide bonds. The van der Waals surface area contributed by atoms with Crippen molar-refractivity contribution in [3.63, 3.8) is 0 Å². The number of rotatable bonds is 5. The predicted octanol–water partition coefficient (Wildman–Crippen LogP) is 4.58. The fourth-order valence-corrected chi connectivity index (χ4v) is 4.69. The molecular formula is C27H24N6O2. The molecule has 35 heavy (non-hydrogen) atoms. The number of fused-ring (bicyclic) bond motifs is 1. The van der Waals surface area contributed by atoms with Crippen molar-refractivity contribution in [3.05, 3.63) is 84.2 Å². The summed E-state index contributed by atoms with van der Waals surface area (Å²) in [7, 11) is 1.34.